The van der Waals surface area contributed by atoms with E-state index in [1.165, 1.54) is 11.1 Å². The number of halogens is 1. The number of benzene rings is 1. The quantitative estimate of drug-likeness (QED) is 0.482. The molecule has 0 fully saturated rings. The molecular weight excluding hydrogens is 306 g/mol. The topological polar surface area (TPSA) is 96.6 Å². The molecule has 0 saturated heterocycles. The lowest BCUT2D eigenvalue weighted by Gasteiger charge is -2.18. The van der Waals surface area contributed by atoms with E-state index in [9.17, 15) is 4.79 Å². The van der Waals surface area contributed by atoms with Gasteiger partial charge in [0.1, 0.15) is 11.6 Å². The molecule has 7 heteroatoms. The van der Waals surface area contributed by atoms with Crippen LogP contribution in [0.15, 0.2) is 36.0 Å². The van der Waals surface area contributed by atoms with Crippen LogP contribution in [-0.4, -0.2) is 47.3 Å². The van der Waals surface area contributed by atoms with Gasteiger partial charge in [0, 0.05) is 30.9 Å². The molecule has 0 heterocycles. The van der Waals surface area contributed by atoms with Gasteiger partial charge < -0.3 is 20.4 Å². The summed E-state index contributed by atoms with van der Waals surface area (Å²) >= 11 is 5.99. The average molecular weight is 324 g/mol. The zero-order valence-corrected chi connectivity index (χ0v) is 12.8. The molecule has 0 aliphatic heterocycles. The number of amides is 1. The molecule has 0 bridgehead atoms. The van der Waals surface area contributed by atoms with Gasteiger partial charge in [0.05, 0.1) is 13.2 Å². The lowest BCUT2D eigenvalue weighted by atomic mass is 10.2. The van der Waals surface area contributed by atoms with Crippen LogP contribution in [0.4, 0.5) is 0 Å². The summed E-state index contributed by atoms with van der Waals surface area (Å²) in [5, 5.41) is 30.1. The summed E-state index contributed by atoms with van der Waals surface area (Å²) in [6.07, 6.45) is 1.33. The second-order valence-electron chi connectivity index (χ2n) is 4.41. The Balaban J connectivity index is 2.71. The van der Waals surface area contributed by atoms with Crippen LogP contribution in [0.5, 0.6) is 0 Å². The fraction of sp³-hybridized carbons (Fsp3) is 0.333. The molecule has 0 atom stereocenters. The van der Waals surface area contributed by atoms with Gasteiger partial charge in [-0.2, -0.15) is 5.26 Å². The van der Waals surface area contributed by atoms with E-state index in [-0.39, 0.29) is 38.4 Å². The molecule has 0 spiro atoms. The Morgan fingerprint density at radius 1 is 1.32 bits per heavy atom. The van der Waals surface area contributed by atoms with Crippen LogP contribution < -0.4 is 5.32 Å². The molecule has 0 radical (unpaired) electrons. The largest absolute Gasteiger partial charge is 0.395 e. The summed E-state index contributed by atoms with van der Waals surface area (Å²) in [5.74, 6) is -0.539. The molecule has 0 aromatic heterocycles. The average Bonchev–Trinajstić information content (AvgIpc) is 2.51. The molecule has 0 unspecified atom stereocenters. The van der Waals surface area contributed by atoms with E-state index in [0.29, 0.717) is 5.02 Å². The van der Waals surface area contributed by atoms with Crippen LogP contribution in [0.2, 0.25) is 5.02 Å². The van der Waals surface area contributed by atoms with Gasteiger partial charge in [0.15, 0.2) is 0 Å². The van der Waals surface area contributed by atoms with Crippen LogP contribution >= 0.6 is 11.6 Å². The maximum absolute atomic E-state index is 12.0. The van der Waals surface area contributed by atoms with Gasteiger partial charge in [0.25, 0.3) is 5.91 Å². The SMILES string of the molecule is N#C/C(=C/N(CCO)CCO)C(=O)NCc1ccccc1Cl. The molecule has 1 rings (SSSR count). The second-order valence-corrected chi connectivity index (χ2v) is 4.82. The highest BCUT2D eigenvalue weighted by atomic mass is 35.5. The van der Waals surface area contributed by atoms with Crippen LogP contribution in [0, 0.1) is 11.3 Å². The first-order valence-corrected chi connectivity index (χ1v) is 7.09. The normalized spacial score (nSPS) is 10.9. The van der Waals surface area contributed by atoms with E-state index < -0.39 is 5.91 Å². The van der Waals surface area contributed by atoms with Gasteiger partial charge in [-0.05, 0) is 11.6 Å². The molecule has 0 aliphatic carbocycles. The summed E-state index contributed by atoms with van der Waals surface area (Å²) in [4.78, 5) is 13.5. The van der Waals surface area contributed by atoms with Crippen molar-refractivity contribution < 1.29 is 15.0 Å². The minimum absolute atomic E-state index is 0.103. The molecule has 1 amide bonds. The number of carbonyl (C=O) groups excluding carboxylic acids is 1. The molecule has 1 aromatic carbocycles. The first-order valence-electron chi connectivity index (χ1n) is 6.71. The molecule has 1 aromatic rings. The molecule has 0 aliphatic rings. The van der Waals surface area contributed by atoms with Gasteiger partial charge in [-0.3, -0.25) is 4.79 Å². The second kappa shape index (κ2) is 9.79. The lowest BCUT2D eigenvalue weighted by Crippen LogP contribution is -2.29. The Morgan fingerprint density at radius 2 is 1.95 bits per heavy atom. The van der Waals surface area contributed by atoms with Crippen LogP contribution in [0.25, 0.3) is 0 Å². The van der Waals surface area contributed by atoms with Crippen molar-refractivity contribution >= 4 is 17.5 Å². The van der Waals surface area contributed by atoms with E-state index >= 15 is 0 Å². The Morgan fingerprint density at radius 3 is 2.50 bits per heavy atom. The predicted octanol–water partition coefficient (Wildman–Crippen LogP) is 0.650. The third kappa shape index (κ3) is 5.74. The Kier molecular flexibility index (Phi) is 8.00. The molecular formula is C15H18ClN3O3. The zero-order chi connectivity index (χ0) is 16.4. The zero-order valence-electron chi connectivity index (χ0n) is 12.0. The maximum Gasteiger partial charge on any atom is 0.263 e. The number of rotatable bonds is 8. The summed E-state index contributed by atoms with van der Waals surface area (Å²) < 4.78 is 0. The van der Waals surface area contributed by atoms with Gasteiger partial charge in [-0.15, -0.1) is 0 Å². The Bertz CT molecular complexity index is 563. The van der Waals surface area contributed by atoms with Crippen molar-refractivity contribution in [2.75, 3.05) is 26.3 Å². The van der Waals surface area contributed by atoms with Gasteiger partial charge in [-0.25, -0.2) is 0 Å². The van der Waals surface area contributed by atoms with E-state index in [2.05, 4.69) is 5.32 Å². The van der Waals surface area contributed by atoms with Gasteiger partial charge >= 0.3 is 0 Å². The number of aliphatic hydroxyl groups excluding tert-OH is 2. The first kappa shape index (κ1) is 18.0. The number of aliphatic hydroxyl groups is 2. The summed E-state index contributed by atoms with van der Waals surface area (Å²) in [6.45, 7) is 0.373. The van der Waals surface area contributed by atoms with Gasteiger partial charge in [0.2, 0.25) is 0 Å². The first-order chi connectivity index (χ1) is 10.6. The van der Waals surface area contributed by atoms with Crippen molar-refractivity contribution in [1.82, 2.24) is 10.2 Å². The number of hydrogen-bond acceptors (Lipinski definition) is 5. The van der Waals surface area contributed by atoms with E-state index in [4.69, 9.17) is 27.1 Å². The summed E-state index contributed by atoms with van der Waals surface area (Å²) in [6, 6.07) is 8.90. The number of hydrogen-bond donors (Lipinski definition) is 3. The lowest BCUT2D eigenvalue weighted by molar-refractivity contribution is -0.117. The highest BCUT2D eigenvalue weighted by molar-refractivity contribution is 6.31. The van der Waals surface area contributed by atoms with E-state index in [1.54, 1.807) is 24.3 Å². The molecule has 0 saturated carbocycles. The molecule has 118 valence electrons. The van der Waals surface area contributed by atoms with Crippen molar-refractivity contribution in [3.8, 4) is 6.07 Å². The van der Waals surface area contributed by atoms with Crippen LogP contribution in [0.1, 0.15) is 5.56 Å². The fourth-order valence-electron chi connectivity index (χ4n) is 1.73. The summed E-state index contributed by atoms with van der Waals surface area (Å²) in [5.41, 5.74) is 0.645. The smallest absolute Gasteiger partial charge is 0.263 e. The highest BCUT2D eigenvalue weighted by Crippen LogP contribution is 2.14. The predicted molar refractivity (Wildman–Crippen MR) is 82.7 cm³/mol. The number of nitrogens with zero attached hydrogens (tertiary/aromatic N) is 2. The molecule has 3 N–H and O–H groups in total. The third-order valence-corrected chi connectivity index (χ3v) is 3.22. The Labute approximate surface area is 134 Å². The monoisotopic (exact) mass is 323 g/mol. The standard InChI is InChI=1S/C15H18ClN3O3/c16-14-4-2-1-3-12(14)10-18-15(22)13(9-17)11-19(5-7-20)6-8-21/h1-4,11,20-21H,5-8,10H2,(H,18,22)/b13-11-. The fourth-order valence-corrected chi connectivity index (χ4v) is 1.93. The highest BCUT2D eigenvalue weighted by Gasteiger charge is 2.11. The number of carbonyl (C=O) groups is 1. The van der Waals surface area contributed by atoms with Crippen LogP contribution in [0.3, 0.4) is 0 Å². The number of nitrogens with one attached hydrogen (secondary N) is 1. The van der Waals surface area contributed by atoms with Crippen LogP contribution in [-0.2, 0) is 11.3 Å². The summed E-state index contributed by atoms with van der Waals surface area (Å²) in [7, 11) is 0. The van der Waals surface area contributed by atoms with Gasteiger partial charge in [-0.1, -0.05) is 29.8 Å². The molecule has 22 heavy (non-hydrogen) atoms. The van der Waals surface area contributed by atoms with Crippen molar-refractivity contribution in [1.29, 1.82) is 5.26 Å². The van der Waals surface area contributed by atoms with Crippen molar-refractivity contribution in [3.63, 3.8) is 0 Å². The van der Waals surface area contributed by atoms with E-state index in [1.807, 2.05) is 6.07 Å². The minimum atomic E-state index is -0.539. The van der Waals surface area contributed by atoms with Crippen molar-refractivity contribution in [2.24, 2.45) is 0 Å². The number of nitriles is 1. The molecule has 6 nitrogen and oxygen atoms in total. The Hall–Kier alpha value is -2.07. The van der Waals surface area contributed by atoms with Crippen molar-refractivity contribution in [3.05, 3.63) is 46.6 Å². The third-order valence-electron chi connectivity index (χ3n) is 2.85. The minimum Gasteiger partial charge on any atom is -0.395 e. The van der Waals surface area contributed by atoms with E-state index in [0.717, 1.165) is 5.56 Å². The maximum atomic E-state index is 12.0. The van der Waals surface area contributed by atoms with Crippen molar-refractivity contribution in [2.45, 2.75) is 6.54 Å².